The van der Waals surface area contributed by atoms with Crippen molar-refractivity contribution < 1.29 is 9.13 Å². The zero-order valence-corrected chi connectivity index (χ0v) is 10.9. The molecule has 0 N–H and O–H groups in total. The van der Waals surface area contributed by atoms with Crippen molar-refractivity contribution in [3.8, 4) is 11.4 Å². The highest BCUT2D eigenvalue weighted by Gasteiger charge is 2.13. The summed E-state index contributed by atoms with van der Waals surface area (Å²) in [7, 11) is 1.52. The second-order valence-electron chi connectivity index (χ2n) is 3.78. The molecular formula is C12H13ClFN3O. The van der Waals surface area contributed by atoms with E-state index in [9.17, 15) is 4.39 Å². The molecule has 18 heavy (non-hydrogen) atoms. The van der Waals surface area contributed by atoms with E-state index in [-0.39, 0.29) is 11.1 Å². The van der Waals surface area contributed by atoms with Crippen LogP contribution < -0.4 is 4.74 Å². The number of aromatic nitrogens is 3. The van der Waals surface area contributed by atoms with Crippen molar-refractivity contribution in [3.63, 3.8) is 0 Å². The number of hydrogen-bond acceptors (Lipinski definition) is 3. The van der Waals surface area contributed by atoms with Gasteiger partial charge in [0.1, 0.15) is 22.9 Å². The molecule has 0 bridgehead atoms. The van der Waals surface area contributed by atoms with Crippen LogP contribution in [0.3, 0.4) is 0 Å². The molecule has 2 aromatic rings. The SMILES string of the molecule is CCC(Cl)c1cn(-c2cc(OC)ccc2F)nn1. The van der Waals surface area contributed by atoms with Gasteiger partial charge in [-0.2, -0.15) is 0 Å². The Balaban J connectivity index is 2.39. The zero-order chi connectivity index (χ0) is 13.1. The fourth-order valence-corrected chi connectivity index (χ4v) is 1.64. The number of rotatable bonds is 4. The van der Waals surface area contributed by atoms with Gasteiger partial charge in [-0.05, 0) is 18.6 Å². The van der Waals surface area contributed by atoms with Gasteiger partial charge in [-0.1, -0.05) is 12.1 Å². The summed E-state index contributed by atoms with van der Waals surface area (Å²) < 4.78 is 20.1. The first kappa shape index (κ1) is 12.8. The Bertz CT molecular complexity index is 544. The lowest BCUT2D eigenvalue weighted by atomic mass is 10.2. The van der Waals surface area contributed by atoms with Gasteiger partial charge in [-0.25, -0.2) is 9.07 Å². The number of alkyl halides is 1. The van der Waals surface area contributed by atoms with Gasteiger partial charge < -0.3 is 4.74 Å². The molecule has 0 amide bonds. The maximum Gasteiger partial charge on any atom is 0.149 e. The second kappa shape index (κ2) is 5.35. The Hall–Kier alpha value is -1.62. The topological polar surface area (TPSA) is 39.9 Å². The van der Waals surface area contributed by atoms with Gasteiger partial charge in [0, 0.05) is 6.07 Å². The van der Waals surface area contributed by atoms with Crippen molar-refractivity contribution in [1.29, 1.82) is 0 Å². The van der Waals surface area contributed by atoms with Crippen molar-refractivity contribution >= 4 is 11.6 Å². The van der Waals surface area contributed by atoms with Crippen molar-refractivity contribution in [1.82, 2.24) is 15.0 Å². The lowest BCUT2D eigenvalue weighted by Gasteiger charge is -2.05. The molecule has 0 saturated heterocycles. The number of benzene rings is 1. The minimum absolute atomic E-state index is 0.215. The summed E-state index contributed by atoms with van der Waals surface area (Å²) in [6.07, 6.45) is 2.36. The Morgan fingerprint density at radius 2 is 2.28 bits per heavy atom. The van der Waals surface area contributed by atoms with Gasteiger partial charge in [0.25, 0.3) is 0 Å². The first-order chi connectivity index (χ1) is 8.65. The molecule has 96 valence electrons. The molecule has 0 fully saturated rings. The van der Waals surface area contributed by atoms with Gasteiger partial charge >= 0.3 is 0 Å². The van der Waals surface area contributed by atoms with Crippen LogP contribution in [0.2, 0.25) is 0 Å². The summed E-state index contributed by atoms with van der Waals surface area (Å²) in [5.41, 5.74) is 0.912. The average molecular weight is 270 g/mol. The number of halogens is 2. The Kier molecular flexibility index (Phi) is 3.81. The summed E-state index contributed by atoms with van der Waals surface area (Å²) in [6, 6.07) is 4.43. The molecule has 1 unspecified atom stereocenters. The molecule has 1 atom stereocenters. The highest BCUT2D eigenvalue weighted by molar-refractivity contribution is 6.20. The number of methoxy groups -OCH3 is 1. The van der Waals surface area contributed by atoms with Crippen LogP contribution in [0.5, 0.6) is 5.75 Å². The molecule has 0 aliphatic rings. The molecule has 0 saturated carbocycles. The van der Waals surface area contributed by atoms with E-state index in [4.69, 9.17) is 16.3 Å². The quantitative estimate of drug-likeness (QED) is 0.801. The predicted octanol–water partition coefficient (Wildman–Crippen LogP) is 3.10. The van der Waals surface area contributed by atoms with E-state index < -0.39 is 5.82 Å². The smallest absolute Gasteiger partial charge is 0.149 e. The molecule has 2 rings (SSSR count). The van der Waals surface area contributed by atoms with Crippen molar-refractivity contribution in [2.45, 2.75) is 18.7 Å². The summed E-state index contributed by atoms with van der Waals surface area (Å²) >= 11 is 6.06. The number of ether oxygens (including phenoxy) is 1. The van der Waals surface area contributed by atoms with Crippen LogP contribution in [-0.4, -0.2) is 22.1 Å². The van der Waals surface area contributed by atoms with Crippen molar-refractivity contribution in [2.75, 3.05) is 7.11 Å². The molecule has 4 nitrogen and oxygen atoms in total. The van der Waals surface area contributed by atoms with Crippen molar-refractivity contribution in [3.05, 3.63) is 35.9 Å². The predicted molar refractivity (Wildman–Crippen MR) is 66.8 cm³/mol. The highest BCUT2D eigenvalue weighted by atomic mass is 35.5. The van der Waals surface area contributed by atoms with Gasteiger partial charge in [-0.3, -0.25) is 0 Å². The van der Waals surface area contributed by atoms with E-state index >= 15 is 0 Å². The lowest BCUT2D eigenvalue weighted by molar-refractivity contribution is 0.413. The van der Waals surface area contributed by atoms with Crippen molar-refractivity contribution in [2.24, 2.45) is 0 Å². The maximum atomic E-state index is 13.7. The molecule has 1 aromatic carbocycles. The number of hydrogen-bond donors (Lipinski definition) is 0. The number of nitrogens with zero attached hydrogens (tertiary/aromatic N) is 3. The largest absolute Gasteiger partial charge is 0.497 e. The second-order valence-corrected chi connectivity index (χ2v) is 4.31. The van der Waals surface area contributed by atoms with Crippen LogP contribution in [0.25, 0.3) is 5.69 Å². The first-order valence-electron chi connectivity index (χ1n) is 5.56. The standard InChI is InChI=1S/C12H13ClFN3O/c1-3-9(13)11-7-17(16-15-11)12-6-8(18-2)4-5-10(12)14/h4-7,9H,3H2,1-2H3. The zero-order valence-electron chi connectivity index (χ0n) is 10.1. The summed E-state index contributed by atoms with van der Waals surface area (Å²) in [5.74, 6) is 0.163. The van der Waals surface area contributed by atoms with Crippen LogP contribution in [0, 0.1) is 5.82 Å². The van der Waals surface area contributed by atoms with E-state index in [1.807, 2.05) is 6.92 Å². The Morgan fingerprint density at radius 3 is 2.94 bits per heavy atom. The van der Waals surface area contributed by atoms with Crippen LogP contribution in [0.4, 0.5) is 4.39 Å². The van der Waals surface area contributed by atoms with Gasteiger partial charge in [0.05, 0.1) is 18.7 Å². The third-order valence-electron chi connectivity index (χ3n) is 2.59. The van der Waals surface area contributed by atoms with E-state index in [1.165, 1.54) is 17.9 Å². The van der Waals surface area contributed by atoms with E-state index in [0.29, 0.717) is 11.4 Å². The highest BCUT2D eigenvalue weighted by Crippen LogP contribution is 2.24. The van der Waals surface area contributed by atoms with Crippen LogP contribution in [0.1, 0.15) is 24.4 Å². The van der Waals surface area contributed by atoms with E-state index in [1.54, 1.807) is 18.3 Å². The molecule has 1 heterocycles. The third kappa shape index (κ3) is 2.46. The molecule has 0 spiro atoms. The maximum absolute atomic E-state index is 13.7. The minimum Gasteiger partial charge on any atom is -0.497 e. The minimum atomic E-state index is -0.394. The average Bonchev–Trinajstić information content (AvgIpc) is 2.88. The fourth-order valence-electron chi connectivity index (χ4n) is 1.54. The normalized spacial score (nSPS) is 12.4. The third-order valence-corrected chi connectivity index (χ3v) is 3.12. The summed E-state index contributed by atoms with van der Waals surface area (Å²) in [6.45, 7) is 1.95. The van der Waals surface area contributed by atoms with E-state index in [2.05, 4.69) is 10.3 Å². The van der Waals surface area contributed by atoms with Gasteiger partial charge in [0.15, 0.2) is 0 Å². The van der Waals surface area contributed by atoms with Crippen LogP contribution >= 0.6 is 11.6 Å². The molecule has 0 radical (unpaired) electrons. The van der Waals surface area contributed by atoms with Gasteiger partial charge in [0.2, 0.25) is 0 Å². The van der Waals surface area contributed by atoms with Crippen LogP contribution in [-0.2, 0) is 0 Å². The first-order valence-corrected chi connectivity index (χ1v) is 5.99. The Labute approximate surface area is 109 Å². The van der Waals surface area contributed by atoms with E-state index in [0.717, 1.165) is 6.42 Å². The molecule has 6 heteroatoms. The molecule has 0 aliphatic carbocycles. The van der Waals surface area contributed by atoms with Gasteiger partial charge in [-0.15, -0.1) is 16.7 Å². The lowest BCUT2D eigenvalue weighted by Crippen LogP contribution is -1.99. The molecule has 0 aliphatic heterocycles. The summed E-state index contributed by atoms with van der Waals surface area (Å²) in [4.78, 5) is 0. The molecule has 1 aromatic heterocycles. The fraction of sp³-hybridized carbons (Fsp3) is 0.333. The monoisotopic (exact) mass is 269 g/mol. The molecular weight excluding hydrogens is 257 g/mol. The van der Waals surface area contributed by atoms with Crippen LogP contribution in [0.15, 0.2) is 24.4 Å². The Morgan fingerprint density at radius 1 is 1.50 bits per heavy atom. The summed E-state index contributed by atoms with van der Waals surface area (Å²) in [5, 5.41) is 7.60.